The summed E-state index contributed by atoms with van der Waals surface area (Å²) in [6.07, 6.45) is 0.953. The molecule has 1 aromatic rings. The fourth-order valence-corrected chi connectivity index (χ4v) is 1.73. The molecule has 0 aromatic carbocycles. The molecule has 5 N–H and O–H groups in total. The monoisotopic (exact) mass is 213 g/mol. The van der Waals surface area contributed by atoms with E-state index in [0.29, 0.717) is 6.54 Å². The Hall–Kier alpha value is -0.910. The minimum atomic E-state index is -0.586. The van der Waals surface area contributed by atoms with Gasteiger partial charge in [0, 0.05) is 6.54 Å². The quantitative estimate of drug-likeness (QED) is 0.567. The highest BCUT2D eigenvalue weighted by atomic mass is 32.1. The largest absolute Gasteiger partial charge is 0.368 e. The highest BCUT2D eigenvalue weighted by Crippen LogP contribution is 2.05. The Balaban J connectivity index is 2.08. The molecule has 0 saturated carbocycles. The average molecular weight is 213 g/mol. The van der Waals surface area contributed by atoms with Gasteiger partial charge in [0.1, 0.15) is 0 Å². The predicted octanol–water partition coefficient (Wildman–Crippen LogP) is -0.307. The first kappa shape index (κ1) is 11.2. The molecule has 1 atom stereocenters. The van der Waals surface area contributed by atoms with Crippen LogP contribution in [0.2, 0.25) is 0 Å². The summed E-state index contributed by atoms with van der Waals surface area (Å²) in [4.78, 5) is 10.6. The molecule has 1 unspecified atom stereocenters. The van der Waals surface area contributed by atoms with Crippen LogP contribution in [0.4, 0.5) is 0 Å². The molecule has 14 heavy (non-hydrogen) atoms. The van der Waals surface area contributed by atoms with E-state index in [1.54, 1.807) is 11.3 Å². The smallest absolute Gasteiger partial charge is 0.235 e. The average Bonchev–Trinajstić information content (AvgIpc) is 2.64. The Morgan fingerprint density at radius 2 is 2.43 bits per heavy atom. The van der Waals surface area contributed by atoms with Gasteiger partial charge in [0.2, 0.25) is 5.91 Å². The number of carbonyl (C=O) groups is 1. The van der Waals surface area contributed by atoms with E-state index in [0.717, 1.165) is 13.0 Å². The van der Waals surface area contributed by atoms with Crippen LogP contribution in [-0.2, 0) is 11.2 Å². The topological polar surface area (TPSA) is 81.1 Å². The van der Waals surface area contributed by atoms with Crippen LogP contribution in [0.25, 0.3) is 0 Å². The summed E-state index contributed by atoms with van der Waals surface area (Å²) in [5.74, 6) is -0.465. The molecule has 1 aromatic heterocycles. The number of rotatable bonds is 6. The fraction of sp³-hybridized carbons (Fsp3) is 0.444. The molecule has 4 nitrogen and oxygen atoms in total. The van der Waals surface area contributed by atoms with Gasteiger partial charge in [0.15, 0.2) is 0 Å². The third kappa shape index (κ3) is 3.87. The third-order valence-electron chi connectivity index (χ3n) is 1.90. The van der Waals surface area contributed by atoms with Crippen molar-refractivity contribution in [2.45, 2.75) is 12.5 Å². The Morgan fingerprint density at radius 1 is 1.64 bits per heavy atom. The number of amides is 1. The van der Waals surface area contributed by atoms with Gasteiger partial charge in [-0.1, -0.05) is 0 Å². The zero-order valence-corrected chi connectivity index (χ0v) is 8.72. The first-order valence-electron chi connectivity index (χ1n) is 4.47. The highest BCUT2D eigenvalue weighted by molar-refractivity contribution is 7.07. The van der Waals surface area contributed by atoms with Crippen molar-refractivity contribution in [3.63, 3.8) is 0 Å². The fourth-order valence-electron chi connectivity index (χ4n) is 1.03. The Kier molecular flexibility index (Phi) is 4.58. The van der Waals surface area contributed by atoms with E-state index >= 15 is 0 Å². The summed E-state index contributed by atoms with van der Waals surface area (Å²) in [7, 11) is 0. The Morgan fingerprint density at radius 3 is 3.00 bits per heavy atom. The zero-order chi connectivity index (χ0) is 10.4. The lowest BCUT2D eigenvalue weighted by Gasteiger charge is -2.08. The molecule has 0 fully saturated rings. The number of primary amides is 1. The molecule has 0 aliphatic rings. The zero-order valence-electron chi connectivity index (χ0n) is 7.90. The SMILES string of the molecule is NC(=O)C(N)CNCCc1ccsc1. The van der Waals surface area contributed by atoms with Crippen LogP contribution in [-0.4, -0.2) is 25.0 Å². The minimum absolute atomic E-state index is 0.444. The van der Waals surface area contributed by atoms with Gasteiger partial charge in [0.05, 0.1) is 6.04 Å². The lowest BCUT2D eigenvalue weighted by atomic mass is 10.2. The van der Waals surface area contributed by atoms with Crippen LogP contribution in [0.1, 0.15) is 5.56 Å². The summed E-state index contributed by atoms with van der Waals surface area (Å²) in [5.41, 5.74) is 11.8. The van der Waals surface area contributed by atoms with E-state index in [4.69, 9.17) is 11.5 Å². The van der Waals surface area contributed by atoms with E-state index in [-0.39, 0.29) is 0 Å². The second kappa shape index (κ2) is 5.74. The van der Waals surface area contributed by atoms with Gasteiger partial charge in [-0.2, -0.15) is 11.3 Å². The normalized spacial score (nSPS) is 12.6. The van der Waals surface area contributed by atoms with Crippen molar-refractivity contribution in [2.75, 3.05) is 13.1 Å². The van der Waals surface area contributed by atoms with Crippen LogP contribution >= 0.6 is 11.3 Å². The maximum Gasteiger partial charge on any atom is 0.235 e. The molecule has 0 aliphatic heterocycles. The van der Waals surface area contributed by atoms with Crippen molar-refractivity contribution in [3.05, 3.63) is 22.4 Å². The Labute approximate surface area is 87.3 Å². The van der Waals surface area contributed by atoms with Crippen molar-refractivity contribution in [1.29, 1.82) is 0 Å². The summed E-state index contributed by atoms with van der Waals surface area (Å²) in [6, 6.07) is 1.50. The van der Waals surface area contributed by atoms with Crippen molar-refractivity contribution in [3.8, 4) is 0 Å². The maximum atomic E-state index is 10.6. The molecule has 0 bridgehead atoms. The van der Waals surface area contributed by atoms with Crippen LogP contribution in [0.5, 0.6) is 0 Å². The van der Waals surface area contributed by atoms with Gasteiger partial charge in [0.25, 0.3) is 0 Å². The lowest BCUT2D eigenvalue weighted by Crippen LogP contribution is -2.44. The predicted molar refractivity (Wildman–Crippen MR) is 58.1 cm³/mol. The molecule has 0 saturated heterocycles. The van der Waals surface area contributed by atoms with E-state index < -0.39 is 11.9 Å². The summed E-state index contributed by atoms with van der Waals surface area (Å²) in [5, 5.41) is 7.24. The minimum Gasteiger partial charge on any atom is -0.368 e. The van der Waals surface area contributed by atoms with Gasteiger partial charge in [-0.05, 0) is 35.4 Å². The third-order valence-corrected chi connectivity index (χ3v) is 2.63. The first-order valence-corrected chi connectivity index (χ1v) is 5.41. The lowest BCUT2D eigenvalue weighted by molar-refractivity contribution is -0.119. The number of nitrogens with two attached hydrogens (primary N) is 2. The number of hydrogen-bond acceptors (Lipinski definition) is 4. The van der Waals surface area contributed by atoms with Crippen LogP contribution in [0.15, 0.2) is 16.8 Å². The van der Waals surface area contributed by atoms with E-state index in [2.05, 4.69) is 16.8 Å². The molecular formula is C9H15N3OS. The first-order chi connectivity index (χ1) is 6.70. The summed E-state index contributed by atoms with van der Waals surface area (Å²) < 4.78 is 0. The van der Waals surface area contributed by atoms with Crippen molar-refractivity contribution >= 4 is 17.2 Å². The molecule has 0 aliphatic carbocycles. The van der Waals surface area contributed by atoms with E-state index in [9.17, 15) is 4.79 Å². The molecule has 78 valence electrons. The number of nitrogens with one attached hydrogen (secondary N) is 1. The number of thiophene rings is 1. The molecule has 0 radical (unpaired) electrons. The maximum absolute atomic E-state index is 10.6. The van der Waals surface area contributed by atoms with Gasteiger partial charge >= 0.3 is 0 Å². The van der Waals surface area contributed by atoms with E-state index in [1.165, 1.54) is 5.56 Å². The molecular weight excluding hydrogens is 198 g/mol. The van der Waals surface area contributed by atoms with Crippen LogP contribution < -0.4 is 16.8 Å². The second-order valence-electron chi connectivity index (χ2n) is 3.09. The van der Waals surface area contributed by atoms with Crippen molar-refractivity contribution in [2.24, 2.45) is 11.5 Å². The van der Waals surface area contributed by atoms with Crippen LogP contribution in [0.3, 0.4) is 0 Å². The summed E-state index contributed by atoms with van der Waals surface area (Å²) in [6.45, 7) is 1.26. The number of carbonyl (C=O) groups excluding carboxylic acids is 1. The number of hydrogen-bond donors (Lipinski definition) is 3. The van der Waals surface area contributed by atoms with Gasteiger partial charge in [-0.15, -0.1) is 0 Å². The Bertz CT molecular complexity index is 274. The van der Waals surface area contributed by atoms with Crippen molar-refractivity contribution < 1.29 is 4.79 Å². The second-order valence-corrected chi connectivity index (χ2v) is 3.87. The van der Waals surface area contributed by atoms with Gasteiger partial charge in [-0.25, -0.2) is 0 Å². The van der Waals surface area contributed by atoms with Crippen LogP contribution in [0, 0.1) is 0 Å². The summed E-state index contributed by atoms with van der Waals surface area (Å²) >= 11 is 1.68. The van der Waals surface area contributed by atoms with Crippen molar-refractivity contribution in [1.82, 2.24) is 5.32 Å². The molecule has 1 heterocycles. The molecule has 1 amide bonds. The van der Waals surface area contributed by atoms with E-state index in [1.807, 2.05) is 5.38 Å². The highest BCUT2D eigenvalue weighted by Gasteiger charge is 2.07. The standard InChI is InChI=1S/C9H15N3OS/c10-8(9(11)13)5-12-3-1-7-2-4-14-6-7/h2,4,6,8,12H,1,3,5,10H2,(H2,11,13). The molecule has 5 heteroatoms. The molecule has 0 spiro atoms. The van der Waals surface area contributed by atoms with Gasteiger partial charge in [-0.3, -0.25) is 4.79 Å². The molecule has 1 rings (SSSR count). The van der Waals surface area contributed by atoms with Gasteiger partial charge < -0.3 is 16.8 Å².